The van der Waals surface area contributed by atoms with Gasteiger partial charge in [-0.3, -0.25) is 14.4 Å². The molecule has 6 nitrogen and oxygen atoms in total. The molecule has 0 aromatic heterocycles. The van der Waals surface area contributed by atoms with Crippen LogP contribution in [0, 0.1) is 28.6 Å². The fourth-order valence-electron chi connectivity index (χ4n) is 7.49. The number of halogens is 1. The first-order chi connectivity index (χ1) is 14.9. The van der Waals surface area contributed by atoms with E-state index in [0.29, 0.717) is 23.8 Å². The Kier molecular flexibility index (Phi) is 5.86. The number of aliphatic hydroxyl groups excluding tert-OH is 1. The summed E-state index contributed by atoms with van der Waals surface area (Å²) in [4.78, 5) is 36.4. The fraction of sp³-hybridized carbons (Fsp3) is 0.720. The van der Waals surface area contributed by atoms with Crippen LogP contribution in [0.1, 0.15) is 72.1 Å². The van der Waals surface area contributed by atoms with Crippen molar-refractivity contribution in [2.75, 3.05) is 0 Å². The molecule has 0 unspecified atom stereocenters. The van der Waals surface area contributed by atoms with Crippen LogP contribution in [0.3, 0.4) is 0 Å². The van der Waals surface area contributed by atoms with E-state index in [2.05, 4.69) is 19.9 Å². The number of carboxylic acids is 1. The zero-order valence-corrected chi connectivity index (χ0v) is 19.8. The Morgan fingerprint density at radius 2 is 1.75 bits per heavy atom. The number of aliphatic hydroxyl groups is 1. The number of aliphatic carboxylic acids is 1. The lowest BCUT2D eigenvalue weighted by Gasteiger charge is -2.58. The fourth-order valence-corrected chi connectivity index (χ4v) is 7.91. The maximum absolute atomic E-state index is 13.0. The largest absolute Gasteiger partial charge is 0.481 e. The summed E-state index contributed by atoms with van der Waals surface area (Å²) in [5.41, 5.74) is -0.827. The molecule has 32 heavy (non-hydrogen) atoms. The lowest BCUT2D eigenvalue weighted by atomic mass is 9.48. The zero-order chi connectivity index (χ0) is 23.5. The molecule has 176 valence electrons. The molecule has 7 atom stereocenters. The molecule has 0 amide bonds. The Labute approximate surface area is 194 Å². The van der Waals surface area contributed by atoms with E-state index >= 15 is 0 Å². The molecule has 4 aliphatic carbocycles. The molecule has 0 aromatic carbocycles. The molecule has 0 radical (unpaired) electrons. The van der Waals surface area contributed by atoms with E-state index in [0.717, 1.165) is 31.3 Å². The van der Waals surface area contributed by atoms with Crippen molar-refractivity contribution >= 4 is 29.3 Å². The molecule has 2 N–H and O–H groups in total. The van der Waals surface area contributed by atoms with Crippen molar-refractivity contribution in [2.24, 2.45) is 28.6 Å². The second-order valence-electron chi connectivity index (χ2n) is 10.7. The number of esters is 1. The summed E-state index contributed by atoms with van der Waals surface area (Å²) in [7, 11) is 0. The molecule has 2 saturated carbocycles. The average molecular weight is 465 g/mol. The maximum Gasteiger partial charge on any atom is 0.307 e. The smallest absolute Gasteiger partial charge is 0.307 e. The SMILES string of the molecule is CC(=O)[C@]1(OC(=O)CCC(=O)O)CC[C@H]2[C@@H]3C=C(Cl)C4=C[C@@H](O)CC[C@@]4(C)[C@@H]3CC[C@@]21C. The van der Waals surface area contributed by atoms with Crippen LogP contribution in [-0.4, -0.2) is 39.6 Å². The number of fused-ring (bicyclic) bond motifs is 5. The van der Waals surface area contributed by atoms with E-state index < -0.39 is 29.1 Å². The van der Waals surface area contributed by atoms with Crippen molar-refractivity contribution in [1.29, 1.82) is 0 Å². The Bertz CT molecular complexity index is 908. The van der Waals surface area contributed by atoms with E-state index in [1.165, 1.54) is 6.92 Å². The van der Waals surface area contributed by atoms with Gasteiger partial charge in [-0.05, 0) is 74.2 Å². The number of Topliss-reactive ketones (excluding diaryl/α,β-unsaturated/α-hetero) is 1. The molecular formula is C25H33ClO6. The molecule has 2 fully saturated rings. The van der Waals surface area contributed by atoms with Crippen molar-refractivity contribution in [3.8, 4) is 0 Å². The van der Waals surface area contributed by atoms with Crippen LogP contribution in [0.2, 0.25) is 0 Å². The highest BCUT2D eigenvalue weighted by Crippen LogP contribution is 2.68. The standard InChI is InChI=1S/C25H33ClO6/c1-14(27)25(32-22(31)5-4-21(29)30)11-8-18-16-13-20(26)19-12-15(28)6-9-23(19,2)17(16)7-10-24(18,25)3/h12-13,15-18,28H,4-11H2,1-3H3,(H,29,30)/t15-,16+,17+,18-,23-,24-,25+/m0/s1. The number of carbonyl (C=O) groups excluding carboxylic acids is 2. The summed E-state index contributed by atoms with van der Waals surface area (Å²) in [6.07, 6.45) is 7.43. The van der Waals surface area contributed by atoms with Crippen molar-refractivity contribution in [1.82, 2.24) is 0 Å². The number of hydrogen-bond acceptors (Lipinski definition) is 5. The van der Waals surface area contributed by atoms with Crippen molar-refractivity contribution in [3.63, 3.8) is 0 Å². The van der Waals surface area contributed by atoms with Crippen LogP contribution in [-0.2, 0) is 19.1 Å². The van der Waals surface area contributed by atoms with Gasteiger partial charge in [-0.2, -0.15) is 0 Å². The number of hydrogen-bond donors (Lipinski definition) is 2. The second-order valence-corrected chi connectivity index (χ2v) is 11.1. The van der Waals surface area contributed by atoms with Gasteiger partial charge in [0.1, 0.15) is 0 Å². The van der Waals surface area contributed by atoms with Gasteiger partial charge in [0.2, 0.25) is 0 Å². The third-order valence-electron chi connectivity index (χ3n) is 9.20. The monoisotopic (exact) mass is 464 g/mol. The Morgan fingerprint density at radius 1 is 1.06 bits per heavy atom. The minimum Gasteiger partial charge on any atom is -0.481 e. The highest BCUT2D eigenvalue weighted by atomic mass is 35.5. The summed E-state index contributed by atoms with van der Waals surface area (Å²) in [5.74, 6) is -1.20. The summed E-state index contributed by atoms with van der Waals surface area (Å²) in [5, 5.41) is 19.8. The number of allylic oxidation sites excluding steroid dienone is 3. The van der Waals surface area contributed by atoms with Gasteiger partial charge in [0, 0.05) is 10.4 Å². The quantitative estimate of drug-likeness (QED) is 0.585. The number of carboxylic acid groups (broad SMARTS) is 1. The summed E-state index contributed by atoms with van der Waals surface area (Å²) in [6.45, 7) is 5.80. The predicted molar refractivity (Wildman–Crippen MR) is 119 cm³/mol. The first kappa shape index (κ1) is 23.5. The van der Waals surface area contributed by atoms with Crippen LogP contribution in [0.4, 0.5) is 0 Å². The molecule has 0 heterocycles. The Hall–Kier alpha value is -1.66. The van der Waals surface area contributed by atoms with Crippen LogP contribution in [0.5, 0.6) is 0 Å². The lowest BCUT2D eigenvalue weighted by molar-refractivity contribution is -0.187. The second kappa shape index (κ2) is 7.98. The number of ketones is 1. The van der Waals surface area contributed by atoms with Crippen LogP contribution in [0.25, 0.3) is 0 Å². The van der Waals surface area contributed by atoms with Gasteiger partial charge >= 0.3 is 11.9 Å². The minimum absolute atomic E-state index is 0.114. The third-order valence-corrected chi connectivity index (χ3v) is 9.53. The van der Waals surface area contributed by atoms with Crippen LogP contribution in [0.15, 0.2) is 22.8 Å². The summed E-state index contributed by atoms with van der Waals surface area (Å²) >= 11 is 6.76. The molecule has 0 spiro atoms. The number of carbonyl (C=O) groups is 3. The molecule has 7 heteroatoms. The predicted octanol–water partition coefficient (Wildman–Crippen LogP) is 4.39. The zero-order valence-electron chi connectivity index (χ0n) is 19.0. The van der Waals surface area contributed by atoms with Crippen molar-refractivity contribution < 1.29 is 29.3 Å². The lowest BCUT2D eigenvalue weighted by Crippen LogP contribution is -2.58. The van der Waals surface area contributed by atoms with Crippen LogP contribution < -0.4 is 0 Å². The van der Waals surface area contributed by atoms with E-state index in [1.54, 1.807) is 0 Å². The molecular weight excluding hydrogens is 432 g/mol. The van der Waals surface area contributed by atoms with Crippen molar-refractivity contribution in [2.45, 2.75) is 83.8 Å². The Morgan fingerprint density at radius 3 is 2.41 bits per heavy atom. The number of ether oxygens (including phenoxy) is 1. The van der Waals surface area contributed by atoms with Gasteiger partial charge in [-0.1, -0.05) is 37.6 Å². The van der Waals surface area contributed by atoms with Crippen LogP contribution >= 0.6 is 11.6 Å². The van der Waals surface area contributed by atoms with Gasteiger partial charge in [-0.15, -0.1) is 0 Å². The third kappa shape index (κ3) is 3.37. The first-order valence-corrected chi connectivity index (χ1v) is 12.0. The maximum atomic E-state index is 13.0. The first-order valence-electron chi connectivity index (χ1n) is 11.7. The average Bonchev–Trinajstić information content (AvgIpc) is 3.01. The van der Waals surface area contributed by atoms with E-state index in [9.17, 15) is 19.5 Å². The minimum atomic E-state index is -1.22. The highest BCUT2D eigenvalue weighted by molar-refractivity contribution is 6.32. The van der Waals surface area contributed by atoms with Gasteiger partial charge < -0.3 is 14.9 Å². The van der Waals surface area contributed by atoms with E-state index in [4.69, 9.17) is 21.4 Å². The summed E-state index contributed by atoms with van der Waals surface area (Å²) in [6, 6.07) is 0. The molecule has 0 saturated heterocycles. The summed E-state index contributed by atoms with van der Waals surface area (Å²) < 4.78 is 5.89. The van der Waals surface area contributed by atoms with Gasteiger partial charge in [0.15, 0.2) is 11.4 Å². The highest BCUT2D eigenvalue weighted by Gasteiger charge is 2.67. The van der Waals surface area contributed by atoms with Crippen molar-refractivity contribution in [3.05, 3.63) is 22.8 Å². The van der Waals surface area contributed by atoms with E-state index in [1.807, 2.05) is 6.08 Å². The number of rotatable bonds is 5. The molecule has 0 aliphatic heterocycles. The molecule has 0 aromatic rings. The van der Waals surface area contributed by atoms with E-state index in [-0.39, 0.29) is 35.9 Å². The Balaban J connectivity index is 1.68. The normalized spacial score (nSPS) is 42.7. The molecule has 4 aliphatic rings. The van der Waals surface area contributed by atoms with Gasteiger partial charge in [0.25, 0.3) is 0 Å². The molecule has 4 rings (SSSR count). The topological polar surface area (TPSA) is 101 Å². The van der Waals surface area contributed by atoms with Gasteiger partial charge in [0.05, 0.1) is 18.9 Å². The molecule has 0 bridgehead atoms. The van der Waals surface area contributed by atoms with Gasteiger partial charge in [-0.25, -0.2) is 0 Å².